The van der Waals surface area contributed by atoms with Gasteiger partial charge < -0.3 is 25.4 Å². The number of non-ortho nitro benzene ring substituents is 1. The van der Waals surface area contributed by atoms with Crippen molar-refractivity contribution < 1.29 is 42.3 Å². The van der Waals surface area contributed by atoms with Crippen molar-refractivity contribution in [3.05, 3.63) is 39.9 Å². The Bertz CT molecular complexity index is 909. The fourth-order valence-corrected chi connectivity index (χ4v) is 3.82. The Morgan fingerprint density at radius 2 is 1.45 bits per heavy atom. The Hall–Kier alpha value is -3.42. The van der Waals surface area contributed by atoms with Crippen LogP contribution in [0.3, 0.4) is 0 Å². The zero-order valence-electron chi connectivity index (χ0n) is 22.5. The molecular formula is C26H39F3N4O7. The first kappa shape index (κ1) is 34.6. The number of carbonyl (C=O) groups excluding carboxylic acids is 2. The third kappa shape index (κ3) is 16.5. The highest BCUT2D eigenvalue weighted by molar-refractivity contribution is 5.76. The third-order valence-corrected chi connectivity index (χ3v) is 6.07. The highest BCUT2D eigenvalue weighted by Crippen LogP contribution is 2.14. The van der Waals surface area contributed by atoms with Crippen molar-refractivity contribution in [2.75, 3.05) is 32.7 Å². The van der Waals surface area contributed by atoms with E-state index in [4.69, 9.17) is 14.6 Å². The molecular weight excluding hydrogens is 537 g/mol. The lowest BCUT2D eigenvalue weighted by Crippen LogP contribution is -2.46. The summed E-state index contributed by atoms with van der Waals surface area (Å²) in [7, 11) is 0. The first-order valence-electron chi connectivity index (χ1n) is 13.4. The smallest absolute Gasteiger partial charge is 0.475 e. The van der Waals surface area contributed by atoms with Gasteiger partial charge in [0, 0.05) is 51.3 Å². The topological polar surface area (TPSA) is 151 Å². The van der Waals surface area contributed by atoms with E-state index in [9.17, 15) is 32.9 Å². The van der Waals surface area contributed by atoms with E-state index in [1.54, 1.807) is 12.1 Å². The average molecular weight is 577 g/mol. The van der Waals surface area contributed by atoms with Crippen LogP contribution in [0.2, 0.25) is 0 Å². The van der Waals surface area contributed by atoms with E-state index in [2.05, 4.69) is 10.6 Å². The van der Waals surface area contributed by atoms with Crippen LogP contribution >= 0.6 is 0 Å². The zero-order chi connectivity index (χ0) is 29.8. The quantitative estimate of drug-likeness (QED) is 0.153. The van der Waals surface area contributed by atoms with Gasteiger partial charge in [-0.15, -0.1) is 0 Å². The minimum atomic E-state index is -5.08. The number of halogens is 3. The van der Waals surface area contributed by atoms with Gasteiger partial charge in [0.1, 0.15) is 6.61 Å². The summed E-state index contributed by atoms with van der Waals surface area (Å²) in [5.41, 5.74) is 0.725. The predicted molar refractivity (Wildman–Crippen MR) is 141 cm³/mol. The SMILES string of the molecule is O=C(NCCCCCCCCCCCC(=O)N1CCNCC1)OCc1ccc([N+](=O)[O-])cc1.O=C(O)C(F)(F)F. The van der Waals surface area contributed by atoms with Crippen LogP contribution in [0.1, 0.15) is 69.8 Å². The second kappa shape index (κ2) is 19.6. The highest BCUT2D eigenvalue weighted by Gasteiger charge is 2.38. The molecule has 0 saturated carbocycles. The number of nitro benzene ring substituents is 1. The second-order valence-corrected chi connectivity index (χ2v) is 9.29. The molecule has 1 aromatic rings. The van der Waals surface area contributed by atoms with Crippen LogP contribution in [0, 0.1) is 10.1 Å². The minimum Gasteiger partial charge on any atom is -0.475 e. The molecule has 0 spiro atoms. The van der Waals surface area contributed by atoms with Crippen LogP contribution in [0.4, 0.5) is 23.7 Å². The number of alkyl halides is 3. The van der Waals surface area contributed by atoms with E-state index in [0.717, 1.165) is 58.3 Å². The summed E-state index contributed by atoms with van der Waals surface area (Å²) in [6, 6.07) is 5.95. The molecule has 1 aliphatic rings. The number of amides is 2. The molecule has 2 amide bonds. The molecule has 0 bridgehead atoms. The number of nitro groups is 1. The number of piperazine rings is 1. The molecule has 0 aromatic heterocycles. The summed E-state index contributed by atoms with van der Waals surface area (Å²) in [6.07, 6.45) is 5.22. The van der Waals surface area contributed by atoms with Crippen molar-refractivity contribution in [2.24, 2.45) is 0 Å². The minimum absolute atomic E-state index is 0.0149. The summed E-state index contributed by atoms with van der Waals surface area (Å²) in [5.74, 6) is -2.45. The number of alkyl carbamates (subject to hydrolysis) is 1. The average Bonchev–Trinajstić information content (AvgIpc) is 2.92. The number of aliphatic carboxylic acids is 1. The lowest BCUT2D eigenvalue weighted by molar-refractivity contribution is -0.384. The molecule has 226 valence electrons. The first-order valence-corrected chi connectivity index (χ1v) is 13.4. The Kier molecular flexibility index (Phi) is 17.0. The summed E-state index contributed by atoms with van der Waals surface area (Å²) in [5, 5.41) is 23.8. The molecule has 1 fully saturated rings. The number of nitrogens with zero attached hydrogens (tertiary/aromatic N) is 2. The van der Waals surface area contributed by atoms with E-state index < -0.39 is 23.2 Å². The van der Waals surface area contributed by atoms with Crippen LogP contribution in [0.5, 0.6) is 0 Å². The van der Waals surface area contributed by atoms with Crippen molar-refractivity contribution in [3.8, 4) is 0 Å². The monoisotopic (exact) mass is 576 g/mol. The number of carboxylic acid groups (broad SMARTS) is 1. The van der Waals surface area contributed by atoms with Crippen LogP contribution in [-0.4, -0.2) is 71.8 Å². The number of unbranched alkanes of at least 4 members (excludes halogenated alkanes) is 8. The van der Waals surface area contributed by atoms with Crippen LogP contribution in [0.15, 0.2) is 24.3 Å². The van der Waals surface area contributed by atoms with Gasteiger partial charge in [0.15, 0.2) is 0 Å². The van der Waals surface area contributed by atoms with E-state index in [-0.39, 0.29) is 12.3 Å². The van der Waals surface area contributed by atoms with Crippen LogP contribution < -0.4 is 10.6 Å². The largest absolute Gasteiger partial charge is 0.490 e. The summed E-state index contributed by atoms with van der Waals surface area (Å²) in [6.45, 7) is 4.19. The fraction of sp³-hybridized carbons (Fsp3) is 0.654. The maximum atomic E-state index is 12.1. The summed E-state index contributed by atoms with van der Waals surface area (Å²) >= 11 is 0. The lowest BCUT2D eigenvalue weighted by atomic mass is 10.1. The molecule has 1 aromatic carbocycles. The molecule has 1 heterocycles. The summed E-state index contributed by atoms with van der Waals surface area (Å²) < 4.78 is 36.9. The number of hydrogen-bond acceptors (Lipinski definition) is 7. The molecule has 11 nitrogen and oxygen atoms in total. The van der Waals surface area contributed by atoms with Crippen molar-refractivity contribution in [1.29, 1.82) is 0 Å². The molecule has 0 radical (unpaired) electrons. The third-order valence-electron chi connectivity index (χ3n) is 6.07. The van der Waals surface area contributed by atoms with E-state index in [1.165, 1.54) is 37.8 Å². The van der Waals surface area contributed by atoms with Gasteiger partial charge in [0.05, 0.1) is 4.92 Å². The number of nitrogens with one attached hydrogen (secondary N) is 2. The van der Waals surface area contributed by atoms with Gasteiger partial charge in [-0.3, -0.25) is 14.9 Å². The summed E-state index contributed by atoms with van der Waals surface area (Å²) in [4.78, 5) is 44.8. The predicted octanol–water partition coefficient (Wildman–Crippen LogP) is 4.79. The molecule has 14 heteroatoms. The number of carboxylic acids is 1. The molecule has 1 saturated heterocycles. The molecule has 1 aliphatic heterocycles. The van der Waals surface area contributed by atoms with Gasteiger partial charge in [0.25, 0.3) is 5.69 Å². The Balaban J connectivity index is 0.00000101. The first-order chi connectivity index (χ1) is 19.0. The van der Waals surface area contributed by atoms with Gasteiger partial charge >= 0.3 is 18.2 Å². The van der Waals surface area contributed by atoms with E-state index in [1.807, 2.05) is 4.90 Å². The van der Waals surface area contributed by atoms with Gasteiger partial charge in [-0.05, 0) is 30.5 Å². The highest BCUT2D eigenvalue weighted by atomic mass is 19.4. The van der Waals surface area contributed by atoms with E-state index in [0.29, 0.717) is 24.4 Å². The number of carbonyl (C=O) groups is 3. The molecule has 0 unspecified atom stereocenters. The van der Waals surface area contributed by atoms with Crippen molar-refractivity contribution in [2.45, 2.75) is 77.0 Å². The van der Waals surface area contributed by atoms with Gasteiger partial charge in [-0.1, -0.05) is 44.9 Å². The number of rotatable bonds is 15. The normalized spacial score (nSPS) is 13.1. The van der Waals surface area contributed by atoms with Crippen LogP contribution in [0.25, 0.3) is 0 Å². The molecule has 0 atom stereocenters. The standard InChI is InChI=1S/C24H38N4O5.C2HF3O2/c29-23(27-18-16-25-17-19-27)10-8-6-4-2-1-3-5-7-9-15-26-24(30)33-20-21-11-13-22(14-12-21)28(31)32;3-2(4,5)1(6)7/h11-14,25H,1-10,15-20H2,(H,26,30);(H,6,7). The fourth-order valence-electron chi connectivity index (χ4n) is 3.82. The Labute approximate surface area is 231 Å². The van der Waals surface area contributed by atoms with Gasteiger partial charge in [0.2, 0.25) is 5.91 Å². The number of hydrogen-bond donors (Lipinski definition) is 3. The number of benzene rings is 1. The molecule has 3 N–H and O–H groups in total. The maximum absolute atomic E-state index is 12.1. The second-order valence-electron chi connectivity index (χ2n) is 9.29. The van der Waals surface area contributed by atoms with Gasteiger partial charge in [-0.2, -0.15) is 13.2 Å². The Morgan fingerprint density at radius 1 is 0.950 bits per heavy atom. The number of ether oxygens (including phenoxy) is 1. The van der Waals surface area contributed by atoms with Crippen LogP contribution in [-0.2, 0) is 20.9 Å². The lowest BCUT2D eigenvalue weighted by Gasteiger charge is -2.27. The van der Waals surface area contributed by atoms with E-state index >= 15 is 0 Å². The molecule has 0 aliphatic carbocycles. The zero-order valence-corrected chi connectivity index (χ0v) is 22.5. The van der Waals surface area contributed by atoms with Gasteiger partial charge in [-0.25, -0.2) is 9.59 Å². The maximum Gasteiger partial charge on any atom is 0.490 e. The molecule has 2 rings (SSSR count). The van der Waals surface area contributed by atoms with Crippen molar-refractivity contribution in [3.63, 3.8) is 0 Å². The molecule has 40 heavy (non-hydrogen) atoms. The van der Waals surface area contributed by atoms with Crippen molar-refractivity contribution >= 4 is 23.7 Å². The van der Waals surface area contributed by atoms with Crippen molar-refractivity contribution in [1.82, 2.24) is 15.5 Å². The Morgan fingerprint density at radius 3 is 1.95 bits per heavy atom.